The minimum absolute atomic E-state index is 0.152. The second kappa shape index (κ2) is 7.45. The van der Waals surface area contributed by atoms with Crippen molar-refractivity contribution in [1.29, 1.82) is 0 Å². The van der Waals surface area contributed by atoms with Crippen molar-refractivity contribution in [1.82, 2.24) is 5.32 Å². The van der Waals surface area contributed by atoms with Gasteiger partial charge in [0.05, 0.1) is 10.6 Å². The van der Waals surface area contributed by atoms with Gasteiger partial charge in [0.25, 0.3) is 5.91 Å². The molecule has 108 valence electrons. The van der Waals surface area contributed by atoms with Crippen molar-refractivity contribution in [2.24, 2.45) is 0 Å². The summed E-state index contributed by atoms with van der Waals surface area (Å²) in [6.07, 6.45) is 0.199. The van der Waals surface area contributed by atoms with Crippen LogP contribution in [-0.2, 0) is 4.79 Å². The first-order chi connectivity index (χ1) is 10.2. The van der Waals surface area contributed by atoms with Crippen molar-refractivity contribution in [3.8, 4) is 0 Å². The number of carbonyl (C=O) groups excluding carboxylic acids is 2. The summed E-state index contributed by atoms with van der Waals surface area (Å²) in [5.41, 5.74) is 1.14. The number of amides is 2. The zero-order chi connectivity index (χ0) is 15.1. The van der Waals surface area contributed by atoms with Crippen LogP contribution in [0.3, 0.4) is 0 Å². The highest BCUT2D eigenvalue weighted by Gasteiger charge is 2.09. The van der Waals surface area contributed by atoms with Gasteiger partial charge in [0.2, 0.25) is 5.91 Å². The predicted molar refractivity (Wildman–Crippen MR) is 83.5 cm³/mol. The summed E-state index contributed by atoms with van der Waals surface area (Å²) in [7, 11) is 0. The average Bonchev–Trinajstić information content (AvgIpc) is 2.48. The van der Waals surface area contributed by atoms with Gasteiger partial charge in [-0.15, -0.1) is 0 Å². The van der Waals surface area contributed by atoms with Crippen LogP contribution in [0.15, 0.2) is 54.6 Å². The van der Waals surface area contributed by atoms with Gasteiger partial charge in [-0.05, 0) is 24.3 Å². The van der Waals surface area contributed by atoms with E-state index in [9.17, 15) is 9.59 Å². The van der Waals surface area contributed by atoms with Crippen molar-refractivity contribution in [2.75, 3.05) is 11.9 Å². The maximum Gasteiger partial charge on any atom is 0.252 e. The third-order valence-electron chi connectivity index (χ3n) is 2.81. The standard InChI is InChI=1S/C16H15ClN2O2/c17-14-9-5-4-8-13(14)16(21)18-11-10-15(20)19-12-6-2-1-3-7-12/h1-9H,10-11H2,(H,18,21)(H,19,20). The van der Waals surface area contributed by atoms with Crippen LogP contribution >= 0.6 is 11.6 Å². The second-order valence-corrected chi connectivity index (χ2v) is 4.81. The average molecular weight is 303 g/mol. The summed E-state index contributed by atoms with van der Waals surface area (Å²) in [6, 6.07) is 16.0. The van der Waals surface area contributed by atoms with E-state index >= 15 is 0 Å². The SMILES string of the molecule is O=C(CCNC(=O)c1ccccc1Cl)Nc1ccccc1. The number of carbonyl (C=O) groups is 2. The normalized spacial score (nSPS) is 9.95. The minimum Gasteiger partial charge on any atom is -0.351 e. The van der Waals surface area contributed by atoms with Crippen LogP contribution < -0.4 is 10.6 Å². The van der Waals surface area contributed by atoms with Gasteiger partial charge < -0.3 is 10.6 Å². The van der Waals surface area contributed by atoms with Crippen LogP contribution in [-0.4, -0.2) is 18.4 Å². The molecule has 5 heteroatoms. The van der Waals surface area contributed by atoms with Gasteiger partial charge in [0.15, 0.2) is 0 Å². The van der Waals surface area contributed by atoms with Crippen LogP contribution in [0.25, 0.3) is 0 Å². The molecule has 0 aliphatic rings. The maximum absolute atomic E-state index is 11.9. The smallest absolute Gasteiger partial charge is 0.252 e. The zero-order valence-electron chi connectivity index (χ0n) is 11.3. The Morgan fingerprint density at radius 3 is 2.33 bits per heavy atom. The Kier molecular flexibility index (Phi) is 5.35. The fraction of sp³-hybridized carbons (Fsp3) is 0.125. The Morgan fingerprint density at radius 2 is 1.62 bits per heavy atom. The fourth-order valence-corrected chi connectivity index (χ4v) is 2.00. The Bertz CT molecular complexity index is 629. The minimum atomic E-state index is -0.284. The molecule has 0 saturated heterocycles. The Labute approximate surface area is 128 Å². The van der Waals surface area contributed by atoms with E-state index in [-0.39, 0.29) is 24.8 Å². The van der Waals surface area contributed by atoms with E-state index in [0.29, 0.717) is 10.6 Å². The van der Waals surface area contributed by atoms with Gasteiger partial charge in [0.1, 0.15) is 0 Å². The molecule has 21 heavy (non-hydrogen) atoms. The topological polar surface area (TPSA) is 58.2 Å². The van der Waals surface area contributed by atoms with E-state index in [1.54, 1.807) is 36.4 Å². The summed E-state index contributed by atoms with van der Waals surface area (Å²) in [4.78, 5) is 23.6. The molecule has 0 heterocycles. The van der Waals surface area contributed by atoms with Gasteiger partial charge in [0, 0.05) is 18.7 Å². The number of hydrogen-bond donors (Lipinski definition) is 2. The number of para-hydroxylation sites is 1. The molecule has 2 N–H and O–H groups in total. The summed E-state index contributed by atoms with van der Waals surface area (Å²) in [6.45, 7) is 0.253. The third-order valence-corrected chi connectivity index (χ3v) is 3.14. The predicted octanol–water partition coefficient (Wildman–Crippen LogP) is 3.10. The molecule has 2 aromatic rings. The highest BCUT2D eigenvalue weighted by atomic mass is 35.5. The highest BCUT2D eigenvalue weighted by molar-refractivity contribution is 6.33. The summed E-state index contributed by atoms with van der Waals surface area (Å²) >= 11 is 5.93. The van der Waals surface area contributed by atoms with Crippen molar-refractivity contribution in [2.45, 2.75) is 6.42 Å². The number of nitrogens with one attached hydrogen (secondary N) is 2. The van der Waals surface area contributed by atoms with Gasteiger partial charge in [-0.3, -0.25) is 9.59 Å². The van der Waals surface area contributed by atoms with Gasteiger partial charge >= 0.3 is 0 Å². The van der Waals surface area contributed by atoms with Gasteiger partial charge in [-0.25, -0.2) is 0 Å². The number of benzene rings is 2. The number of hydrogen-bond acceptors (Lipinski definition) is 2. The molecule has 0 aliphatic carbocycles. The molecule has 0 fully saturated rings. The molecule has 0 bridgehead atoms. The molecule has 0 atom stereocenters. The summed E-state index contributed by atoms with van der Waals surface area (Å²) in [5.74, 6) is -0.436. The monoisotopic (exact) mass is 302 g/mol. The lowest BCUT2D eigenvalue weighted by atomic mass is 10.2. The highest BCUT2D eigenvalue weighted by Crippen LogP contribution is 2.14. The fourth-order valence-electron chi connectivity index (χ4n) is 1.78. The summed E-state index contributed by atoms with van der Waals surface area (Å²) < 4.78 is 0. The molecular weight excluding hydrogens is 288 g/mol. The summed E-state index contributed by atoms with van der Waals surface area (Å²) in [5, 5.41) is 5.82. The Balaban J connectivity index is 1.78. The zero-order valence-corrected chi connectivity index (χ0v) is 12.1. The van der Waals surface area contributed by atoms with E-state index in [1.807, 2.05) is 18.2 Å². The molecule has 0 unspecified atom stereocenters. The van der Waals surface area contributed by atoms with Crippen molar-refractivity contribution in [3.05, 3.63) is 65.2 Å². The van der Waals surface area contributed by atoms with E-state index in [2.05, 4.69) is 10.6 Å². The van der Waals surface area contributed by atoms with E-state index in [4.69, 9.17) is 11.6 Å². The van der Waals surface area contributed by atoms with Crippen LogP contribution in [0.4, 0.5) is 5.69 Å². The van der Waals surface area contributed by atoms with Crippen LogP contribution in [0.1, 0.15) is 16.8 Å². The van der Waals surface area contributed by atoms with E-state index < -0.39 is 0 Å². The number of rotatable bonds is 5. The van der Waals surface area contributed by atoms with Gasteiger partial charge in [-0.2, -0.15) is 0 Å². The molecule has 2 amide bonds. The van der Waals surface area contributed by atoms with Gasteiger partial charge in [-0.1, -0.05) is 41.9 Å². The first-order valence-corrected chi connectivity index (χ1v) is 6.92. The van der Waals surface area contributed by atoms with Crippen LogP contribution in [0.5, 0.6) is 0 Å². The molecule has 0 radical (unpaired) electrons. The number of halogens is 1. The second-order valence-electron chi connectivity index (χ2n) is 4.40. The lowest BCUT2D eigenvalue weighted by molar-refractivity contribution is -0.116. The Morgan fingerprint density at radius 1 is 0.952 bits per heavy atom. The van der Waals surface area contributed by atoms with Crippen molar-refractivity contribution < 1.29 is 9.59 Å². The van der Waals surface area contributed by atoms with Crippen molar-refractivity contribution >= 4 is 29.1 Å². The molecule has 0 saturated carbocycles. The van der Waals surface area contributed by atoms with E-state index in [1.165, 1.54) is 0 Å². The quantitative estimate of drug-likeness (QED) is 0.891. The van der Waals surface area contributed by atoms with Crippen LogP contribution in [0, 0.1) is 0 Å². The van der Waals surface area contributed by atoms with E-state index in [0.717, 1.165) is 5.69 Å². The molecule has 0 aromatic heterocycles. The third kappa shape index (κ3) is 4.61. The largest absolute Gasteiger partial charge is 0.351 e. The first kappa shape index (κ1) is 15.1. The number of anilines is 1. The molecule has 4 nitrogen and oxygen atoms in total. The first-order valence-electron chi connectivity index (χ1n) is 6.54. The lowest BCUT2D eigenvalue weighted by Gasteiger charge is -2.07. The molecule has 2 aromatic carbocycles. The maximum atomic E-state index is 11.9. The molecule has 2 rings (SSSR count). The molecule has 0 aliphatic heterocycles. The molecular formula is C16H15ClN2O2. The lowest BCUT2D eigenvalue weighted by Crippen LogP contribution is -2.27. The molecule has 0 spiro atoms. The van der Waals surface area contributed by atoms with Crippen molar-refractivity contribution in [3.63, 3.8) is 0 Å². The van der Waals surface area contributed by atoms with Crippen LogP contribution in [0.2, 0.25) is 5.02 Å². The Hall–Kier alpha value is -2.33.